The maximum absolute atomic E-state index is 13.3. The van der Waals surface area contributed by atoms with Crippen molar-refractivity contribution in [2.75, 3.05) is 50.1 Å². The largest absolute Gasteiger partial charge is 0.477 e. The van der Waals surface area contributed by atoms with Gasteiger partial charge in [0.1, 0.15) is 29.1 Å². The Morgan fingerprint density at radius 2 is 1.89 bits per heavy atom. The van der Waals surface area contributed by atoms with Gasteiger partial charge < -0.3 is 33.8 Å². The molecule has 0 spiro atoms. The first-order valence-electron chi connectivity index (χ1n) is 15.4. The number of hydrogen-bond acceptors (Lipinski definition) is 9. The minimum atomic E-state index is -1.31. The van der Waals surface area contributed by atoms with Crippen LogP contribution in [0.15, 0.2) is 53.6 Å². The monoisotopic (exact) mass is 664 g/mol. The van der Waals surface area contributed by atoms with Crippen LogP contribution >= 0.6 is 23.2 Å². The smallest absolute Gasteiger partial charge is 0.341 e. The number of carboxylic acids is 1. The van der Waals surface area contributed by atoms with E-state index in [9.17, 15) is 14.7 Å². The molecule has 2 aliphatic heterocycles. The van der Waals surface area contributed by atoms with Crippen LogP contribution in [0.4, 0.5) is 11.5 Å². The Bertz CT molecular complexity index is 1860. The van der Waals surface area contributed by atoms with Gasteiger partial charge in [-0.1, -0.05) is 23.2 Å². The van der Waals surface area contributed by atoms with E-state index in [1.54, 1.807) is 29.0 Å². The summed E-state index contributed by atoms with van der Waals surface area (Å²) in [5.41, 5.74) is 0.941. The number of aromatic carboxylic acids is 1. The van der Waals surface area contributed by atoms with Gasteiger partial charge in [0.25, 0.3) is 0 Å². The van der Waals surface area contributed by atoms with Gasteiger partial charge >= 0.3 is 5.97 Å². The van der Waals surface area contributed by atoms with Crippen LogP contribution in [0.25, 0.3) is 16.6 Å². The van der Waals surface area contributed by atoms with E-state index in [0.717, 1.165) is 56.8 Å². The van der Waals surface area contributed by atoms with E-state index in [0.29, 0.717) is 45.7 Å². The number of anilines is 2. The number of likely N-dealkylation sites (N-methyl/N-ethyl adjacent to an activating group) is 1. The summed E-state index contributed by atoms with van der Waals surface area (Å²) in [6.07, 6.45) is 7.08. The number of carbonyl (C=O) groups is 1. The number of halogens is 2. The molecule has 0 radical (unpaired) electrons. The normalized spacial score (nSPS) is 18.3. The van der Waals surface area contributed by atoms with Gasteiger partial charge in [0.2, 0.25) is 17.2 Å². The number of aromatic nitrogens is 3. The minimum Gasteiger partial charge on any atom is -0.477 e. The second-order valence-corrected chi connectivity index (χ2v) is 13.1. The van der Waals surface area contributed by atoms with E-state index in [-0.39, 0.29) is 23.1 Å². The molecule has 3 aliphatic rings. The van der Waals surface area contributed by atoms with Crippen LogP contribution in [-0.4, -0.2) is 89.0 Å². The predicted octanol–water partition coefficient (Wildman–Crippen LogP) is 5.12. The van der Waals surface area contributed by atoms with Gasteiger partial charge in [-0.3, -0.25) is 4.79 Å². The Balaban J connectivity index is 1.19. The third-order valence-corrected chi connectivity index (χ3v) is 9.52. The lowest BCUT2D eigenvalue weighted by molar-refractivity contribution is 0.0695. The van der Waals surface area contributed by atoms with Gasteiger partial charge in [0.15, 0.2) is 0 Å². The molecule has 240 valence electrons. The van der Waals surface area contributed by atoms with Crippen LogP contribution in [-0.2, 0) is 0 Å². The SMILES string of the molecule is CN(C)C1CN(c2ccc(-n3cc(C(=O)O)c(=O)c4cc(Cl)c(N5CCC[C@@H]5COc5nc(OC6CC6)ccc5Cl)cc43)cn2)C1. The fraction of sp³-hybridized carbons (Fsp3) is 0.394. The van der Waals surface area contributed by atoms with E-state index in [2.05, 4.69) is 38.8 Å². The molecule has 7 rings (SSSR count). The number of pyridine rings is 3. The van der Waals surface area contributed by atoms with Crippen LogP contribution in [0.3, 0.4) is 0 Å². The summed E-state index contributed by atoms with van der Waals surface area (Å²) in [5, 5.41) is 10.8. The van der Waals surface area contributed by atoms with Gasteiger partial charge in [-0.2, -0.15) is 4.98 Å². The van der Waals surface area contributed by atoms with Crippen molar-refractivity contribution >= 4 is 51.6 Å². The standard InChI is InChI=1S/C33H34Cl2N6O5/c1-38(2)21-15-39(16-21)29-9-5-19(14-36-29)41-17-24(33(43)44)31(42)23-12-26(35)28(13-27(23)41)40-11-3-4-20(40)18-45-32-25(34)8-10-30(37-32)46-22-6-7-22/h5,8-10,12-14,17,20-22H,3-4,6-7,11,15-16,18H2,1-2H3,(H,43,44)/t20-/m1/s1. The average Bonchev–Trinajstić information content (AvgIpc) is 3.70. The Hall–Kier alpha value is -4.06. The van der Waals surface area contributed by atoms with Crippen LogP contribution in [0, 0.1) is 0 Å². The summed E-state index contributed by atoms with van der Waals surface area (Å²) in [7, 11) is 4.13. The van der Waals surface area contributed by atoms with Crippen molar-refractivity contribution in [2.45, 2.75) is 43.9 Å². The molecule has 0 unspecified atom stereocenters. The van der Waals surface area contributed by atoms with Gasteiger partial charge in [0.05, 0.1) is 34.2 Å². The average molecular weight is 666 g/mol. The van der Waals surface area contributed by atoms with Crippen molar-refractivity contribution in [2.24, 2.45) is 0 Å². The molecule has 1 aliphatic carbocycles. The second-order valence-electron chi connectivity index (χ2n) is 12.3. The number of benzene rings is 1. The first-order valence-corrected chi connectivity index (χ1v) is 16.1. The minimum absolute atomic E-state index is 0.0391. The van der Waals surface area contributed by atoms with Crippen molar-refractivity contribution < 1.29 is 19.4 Å². The third kappa shape index (κ3) is 5.94. The van der Waals surface area contributed by atoms with Gasteiger partial charge in [-0.05, 0) is 70.1 Å². The van der Waals surface area contributed by atoms with Crippen molar-refractivity contribution in [3.05, 3.63) is 74.6 Å². The highest BCUT2D eigenvalue weighted by Gasteiger charge is 2.31. The molecule has 1 atom stereocenters. The zero-order valence-electron chi connectivity index (χ0n) is 25.5. The summed E-state index contributed by atoms with van der Waals surface area (Å²) in [5.74, 6) is 0.342. The number of carboxylic acid groups (broad SMARTS) is 1. The van der Waals surface area contributed by atoms with Gasteiger partial charge in [-0.25, -0.2) is 9.78 Å². The Morgan fingerprint density at radius 1 is 1.09 bits per heavy atom. The highest BCUT2D eigenvalue weighted by atomic mass is 35.5. The van der Waals surface area contributed by atoms with Crippen LogP contribution < -0.4 is 24.7 Å². The summed E-state index contributed by atoms with van der Waals surface area (Å²) < 4.78 is 13.6. The Morgan fingerprint density at radius 3 is 2.59 bits per heavy atom. The molecule has 46 heavy (non-hydrogen) atoms. The lowest BCUT2D eigenvalue weighted by Gasteiger charge is -2.43. The first kappa shape index (κ1) is 30.6. The number of nitrogens with zero attached hydrogens (tertiary/aromatic N) is 6. The molecule has 4 aromatic rings. The van der Waals surface area contributed by atoms with Gasteiger partial charge in [0, 0.05) is 43.3 Å². The zero-order valence-corrected chi connectivity index (χ0v) is 27.0. The van der Waals surface area contributed by atoms with E-state index in [1.165, 1.54) is 6.20 Å². The van der Waals surface area contributed by atoms with E-state index in [4.69, 9.17) is 32.7 Å². The molecule has 3 fully saturated rings. The number of fused-ring (bicyclic) bond motifs is 1. The molecule has 1 aromatic carbocycles. The summed E-state index contributed by atoms with van der Waals surface area (Å²) >= 11 is 13.2. The summed E-state index contributed by atoms with van der Waals surface area (Å²) in [6.45, 7) is 2.81. The molecule has 5 heterocycles. The van der Waals surface area contributed by atoms with E-state index in [1.807, 2.05) is 18.2 Å². The molecule has 0 bridgehead atoms. The molecule has 1 saturated carbocycles. The maximum atomic E-state index is 13.3. The molecule has 0 amide bonds. The molecular formula is C33H34Cl2N6O5. The number of ether oxygens (including phenoxy) is 2. The number of rotatable bonds is 10. The zero-order chi connectivity index (χ0) is 32.1. The predicted molar refractivity (Wildman–Crippen MR) is 178 cm³/mol. The van der Waals surface area contributed by atoms with E-state index < -0.39 is 11.4 Å². The topological polar surface area (TPSA) is 113 Å². The molecule has 13 heteroatoms. The van der Waals surface area contributed by atoms with Crippen LogP contribution in [0.2, 0.25) is 10.0 Å². The first-order chi connectivity index (χ1) is 22.2. The van der Waals surface area contributed by atoms with E-state index >= 15 is 0 Å². The third-order valence-electron chi connectivity index (χ3n) is 8.93. The number of hydrogen-bond donors (Lipinski definition) is 1. The van der Waals surface area contributed by atoms with Crippen molar-refractivity contribution in [1.29, 1.82) is 0 Å². The highest BCUT2D eigenvalue weighted by Crippen LogP contribution is 2.37. The Kier molecular flexibility index (Phi) is 8.16. The van der Waals surface area contributed by atoms with Crippen molar-refractivity contribution in [1.82, 2.24) is 19.4 Å². The molecule has 2 saturated heterocycles. The summed E-state index contributed by atoms with van der Waals surface area (Å²) in [4.78, 5) is 41.1. The van der Waals surface area contributed by atoms with Crippen molar-refractivity contribution in [3.63, 3.8) is 0 Å². The summed E-state index contributed by atoms with van der Waals surface area (Å²) in [6, 6.07) is 11.1. The van der Waals surface area contributed by atoms with Crippen molar-refractivity contribution in [3.8, 4) is 17.4 Å². The fourth-order valence-corrected chi connectivity index (χ4v) is 6.46. The lowest BCUT2D eigenvalue weighted by Crippen LogP contribution is -2.57. The Labute approximate surface area is 275 Å². The van der Waals surface area contributed by atoms with Crippen LogP contribution in [0.5, 0.6) is 11.8 Å². The molecular weight excluding hydrogens is 631 g/mol. The van der Waals surface area contributed by atoms with Gasteiger partial charge in [-0.15, -0.1) is 0 Å². The second kappa shape index (κ2) is 12.3. The quantitative estimate of drug-likeness (QED) is 0.245. The molecule has 3 aromatic heterocycles. The van der Waals surface area contributed by atoms with Crippen LogP contribution in [0.1, 0.15) is 36.0 Å². The molecule has 11 nitrogen and oxygen atoms in total. The lowest BCUT2D eigenvalue weighted by atomic mass is 10.1. The maximum Gasteiger partial charge on any atom is 0.341 e. The fourth-order valence-electron chi connectivity index (χ4n) is 6.03. The molecule has 1 N–H and O–H groups in total. The highest BCUT2D eigenvalue weighted by molar-refractivity contribution is 6.34.